The molecule has 0 radical (unpaired) electrons. The van der Waals surface area contributed by atoms with E-state index in [4.69, 9.17) is 28.3 Å². The Balaban J connectivity index is 2.09. The van der Waals surface area contributed by atoms with E-state index in [1.54, 1.807) is 23.9 Å². The minimum absolute atomic E-state index is 0.128. The Bertz CT molecular complexity index is 597. The molecule has 2 rings (SSSR count). The number of carbonyl (C=O) groups is 1. The van der Waals surface area contributed by atoms with Gasteiger partial charge < -0.3 is 5.11 Å². The molecule has 0 atom stereocenters. The van der Waals surface area contributed by atoms with Crippen molar-refractivity contribution in [3.8, 4) is 0 Å². The summed E-state index contributed by atoms with van der Waals surface area (Å²) in [5.74, 6) is -0.267. The summed E-state index contributed by atoms with van der Waals surface area (Å²) < 4.78 is 0. The molecule has 0 bridgehead atoms. The number of thioether (sulfide) groups is 1. The van der Waals surface area contributed by atoms with Crippen molar-refractivity contribution in [2.45, 2.75) is 10.6 Å². The van der Waals surface area contributed by atoms with Crippen molar-refractivity contribution in [2.75, 3.05) is 0 Å². The first-order valence-corrected chi connectivity index (χ1v) is 7.20. The van der Waals surface area contributed by atoms with Crippen LogP contribution < -0.4 is 0 Å². The van der Waals surface area contributed by atoms with Gasteiger partial charge in [0.2, 0.25) is 0 Å². The van der Waals surface area contributed by atoms with Crippen molar-refractivity contribution >= 4 is 40.9 Å². The molecule has 0 fully saturated rings. The molecule has 0 aliphatic carbocycles. The molecule has 0 saturated carbocycles. The molecule has 0 heterocycles. The highest BCUT2D eigenvalue weighted by molar-refractivity contribution is 7.98. The van der Waals surface area contributed by atoms with E-state index in [0.717, 1.165) is 16.2 Å². The van der Waals surface area contributed by atoms with Crippen molar-refractivity contribution in [1.29, 1.82) is 0 Å². The van der Waals surface area contributed by atoms with Crippen LogP contribution in [0.5, 0.6) is 0 Å². The molecule has 0 aliphatic heterocycles. The fourth-order valence-electron chi connectivity index (χ4n) is 1.51. The highest BCUT2D eigenvalue weighted by atomic mass is 35.5. The Morgan fingerprint density at radius 2 is 1.79 bits per heavy atom. The molecule has 0 saturated heterocycles. The number of hydrogen-bond acceptors (Lipinski definition) is 2. The summed E-state index contributed by atoms with van der Waals surface area (Å²) in [6.07, 6.45) is 0. The minimum Gasteiger partial charge on any atom is -0.478 e. The summed E-state index contributed by atoms with van der Waals surface area (Å²) >= 11 is 13.2. The van der Waals surface area contributed by atoms with Gasteiger partial charge in [0.05, 0.1) is 10.6 Å². The molecule has 2 aromatic carbocycles. The van der Waals surface area contributed by atoms with Crippen LogP contribution >= 0.6 is 35.0 Å². The zero-order chi connectivity index (χ0) is 13.8. The molecule has 19 heavy (non-hydrogen) atoms. The van der Waals surface area contributed by atoms with Gasteiger partial charge in [-0.15, -0.1) is 11.8 Å². The second-order valence-electron chi connectivity index (χ2n) is 3.86. The van der Waals surface area contributed by atoms with Crippen LogP contribution in [-0.2, 0) is 5.75 Å². The van der Waals surface area contributed by atoms with Crippen molar-refractivity contribution in [3.63, 3.8) is 0 Å². The van der Waals surface area contributed by atoms with Crippen LogP contribution in [0, 0.1) is 0 Å². The SMILES string of the molecule is O=C(O)c1cc(SCc2ccc(Cl)cc2)ccc1Cl. The maximum atomic E-state index is 11.0. The van der Waals surface area contributed by atoms with Crippen molar-refractivity contribution < 1.29 is 9.90 Å². The summed E-state index contributed by atoms with van der Waals surface area (Å²) in [6, 6.07) is 12.6. The Morgan fingerprint density at radius 3 is 2.42 bits per heavy atom. The molecule has 0 spiro atoms. The van der Waals surface area contributed by atoms with E-state index in [2.05, 4.69) is 0 Å². The van der Waals surface area contributed by atoms with Crippen LogP contribution in [0.2, 0.25) is 10.0 Å². The van der Waals surface area contributed by atoms with Gasteiger partial charge >= 0.3 is 5.97 Å². The second-order valence-corrected chi connectivity index (χ2v) is 5.75. The van der Waals surface area contributed by atoms with Crippen LogP contribution in [0.15, 0.2) is 47.4 Å². The molecule has 2 aromatic rings. The first-order valence-electron chi connectivity index (χ1n) is 5.46. The topological polar surface area (TPSA) is 37.3 Å². The number of hydrogen-bond donors (Lipinski definition) is 1. The van der Waals surface area contributed by atoms with E-state index in [1.165, 1.54) is 0 Å². The largest absolute Gasteiger partial charge is 0.478 e. The lowest BCUT2D eigenvalue weighted by Crippen LogP contribution is -1.97. The van der Waals surface area contributed by atoms with Crippen molar-refractivity contribution in [2.24, 2.45) is 0 Å². The average molecular weight is 313 g/mol. The standard InChI is InChI=1S/C14H10Cl2O2S/c15-10-3-1-9(2-4-10)8-19-11-5-6-13(16)12(7-11)14(17)18/h1-7H,8H2,(H,17,18). The lowest BCUT2D eigenvalue weighted by Gasteiger charge is -2.05. The van der Waals surface area contributed by atoms with Crippen LogP contribution in [0.1, 0.15) is 15.9 Å². The van der Waals surface area contributed by atoms with Crippen LogP contribution in [0.25, 0.3) is 0 Å². The molecule has 1 N–H and O–H groups in total. The van der Waals surface area contributed by atoms with Gasteiger partial charge in [-0.2, -0.15) is 0 Å². The fraction of sp³-hybridized carbons (Fsp3) is 0.0714. The van der Waals surface area contributed by atoms with Crippen molar-refractivity contribution in [1.82, 2.24) is 0 Å². The Hall–Kier alpha value is -1.16. The van der Waals surface area contributed by atoms with Gasteiger partial charge in [0.25, 0.3) is 0 Å². The molecule has 0 unspecified atom stereocenters. The third-order valence-corrected chi connectivity index (χ3v) is 4.13. The number of carboxylic acids is 1. The average Bonchev–Trinajstić information content (AvgIpc) is 2.39. The minimum atomic E-state index is -1.01. The van der Waals surface area contributed by atoms with Gasteiger partial charge in [0.15, 0.2) is 0 Å². The number of aromatic carboxylic acids is 1. The molecule has 0 aromatic heterocycles. The Kier molecular flexibility index (Phi) is 4.75. The van der Waals surface area contributed by atoms with Crippen LogP contribution in [-0.4, -0.2) is 11.1 Å². The number of carboxylic acid groups (broad SMARTS) is 1. The third kappa shape index (κ3) is 3.90. The van der Waals surface area contributed by atoms with Crippen molar-refractivity contribution in [3.05, 3.63) is 63.6 Å². The predicted molar refractivity (Wildman–Crippen MR) is 79.4 cm³/mol. The molecular weight excluding hydrogens is 303 g/mol. The van der Waals surface area contributed by atoms with Gasteiger partial charge in [0, 0.05) is 15.7 Å². The molecular formula is C14H10Cl2O2S. The van der Waals surface area contributed by atoms with Gasteiger partial charge in [0.1, 0.15) is 0 Å². The summed E-state index contributed by atoms with van der Waals surface area (Å²) in [5, 5.41) is 9.95. The third-order valence-electron chi connectivity index (χ3n) is 2.49. The first kappa shape index (κ1) is 14.3. The van der Waals surface area contributed by atoms with Gasteiger partial charge in [-0.25, -0.2) is 4.79 Å². The number of rotatable bonds is 4. The highest BCUT2D eigenvalue weighted by Crippen LogP contribution is 2.27. The number of halogens is 2. The lowest BCUT2D eigenvalue weighted by molar-refractivity contribution is 0.0697. The Labute approximate surface area is 125 Å². The quantitative estimate of drug-likeness (QED) is 0.809. The van der Waals surface area contributed by atoms with E-state index in [0.29, 0.717) is 5.02 Å². The van der Waals surface area contributed by atoms with Gasteiger partial charge in [-0.1, -0.05) is 35.3 Å². The molecule has 98 valence electrons. The molecule has 0 amide bonds. The van der Waals surface area contributed by atoms with Gasteiger partial charge in [-0.3, -0.25) is 0 Å². The molecule has 0 aliphatic rings. The van der Waals surface area contributed by atoms with E-state index in [1.807, 2.05) is 30.3 Å². The second kappa shape index (κ2) is 6.33. The first-order chi connectivity index (χ1) is 9.06. The molecule has 2 nitrogen and oxygen atoms in total. The van der Waals surface area contributed by atoms with E-state index < -0.39 is 5.97 Å². The maximum absolute atomic E-state index is 11.0. The zero-order valence-corrected chi connectivity index (χ0v) is 12.1. The maximum Gasteiger partial charge on any atom is 0.337 e. The highest BCUT2D eigenvalue weighted by Gasteiger charge is 2.09. The Morgan fingerprint density at radius 1 is 1.11 bits per heavy atom. The summed E-state index contributed by atoms with van der Waals surface area (Å²) in [5.41, 5.74) is 1.25. The van der Waals surface area contributed by atoms with E-state index in [-0.39, 0.29) is 10.6 Å². The monoisotopic (exact) mass is 312 g/mol. The van der Waals surface area contributed by atoms with E-state index >= 15 is 0 Å². The predicted octanol–water partition coefficient (Wildman–Crippen LogP) is 4.98. The summed E-state index contributed by atoms with van der Waals surface area (Å²) in [7, 11) is 0. The number of benzene rings is 2. The van der Waals surface area contributed by atoms with E-state index in [9.17, 15) is 4.79 Å². The smallest absolute Gasteiger partial charge is 0.337 e. The molecule has 5 heteroatoms. The van der Waals surface area contributed by atoms with Crippen LogP contribution in [0.3, 0.4) is 0 Å². The lowest BCUT2D eigenvalue weighted by atomic mass is 10.2. The fourth-order valence-corrected chi connectivity index (χ4v) is 2.72. The normalized spacial score (nSPS) is 10.4. The van der Waals surface area contributed by atoms with Gasteiger partial charge in [-0.05, 0) is 35.9 Å². The zero-order valence-electron chi connectivity index (χ0n) is 9.77. The summed E-state index contributed by atoms with van der Waals surface area (Å²) in [4.78, 5) is 11.8. The summed E-state index contributed by atoms with van der Waals surface area (Å²) in [6.45, 7) is 0. The van der Waals surface area contributed by atoms with Crippen LogP contribution in [0.4, 0.5) is 0 Å².